The van der Waals surface area contributed by atoms with E-state index < -0.39 is 0 Å². The van der Waals surface area contributed by atoms with E-state index in [9.17, 15) is 4.79 Å². The van der Waals surface area contributed by atoms with Crippen LogP contribution in [-0.2, 0) is 12.8 Å². The third-order valence-corrected chi connectivity index (χ3v) is 6.78. The summed E-state index contributed by atoms with van der Waals surface area (Å²) in [5, 5.41) is 0. The van der Waals surface area contributed by atoms with Crippen LogP contribution in [0.4, 0.5) is 0 Å². The van der Waals surface area contributed by atoms with Gasteiger partial charge in [-0.3, -0.25) is 4.79 Å². The molecule has 2 atom stereocenters. The third-order valence-electron chi connectivity index (χ3n) is 6.78. The Morgan fingerprint density at radius 1 is 1.00 bits per heavy atom. The smallest absolute Gasteiger partial charge is 0.166 e. The van der Waals surface area contributed by atoms with E-state index in [4.69, 9.17) is 9.47 Å². The average Bonchev–Trinajstić information content (AvgIpc) is 3.11. The van der Waals surface area contributed by atoms with Crippen LogP contribution in [0.15, 0.2) is 42.5 Å². The third kappa shape index (κ3) is 4.54. The molecule has 1 aliphatic carbocycles. The van der Waals surface area contributed by atoms with Gasteiger partial charge in [-0.15, -0.1) is 0 Å². The highest BCUT2D eigenvalue weighted by Gasteiger charge is 2.33. The molecule has 4 heteroatoms. The van der Waals surface area contributed by atoms with Gasteiger partial charge in [0.15, 0.2) is 17.3 Å². The molecular weight excluding hydrogens is 374 g/mol. The van der Waals surface area contributed by atoms with Gasteiger partial charge in [0.1, 0.15) is 0 Å². The second-order valence-electron chi connectivity index (χ2n) is 8.65. The van der Waals surface area contributed by atoms with Crippen LogP contribution in [0.1, 0.15) is 53.6 Å². The van der Waals surface area contributed by atoms with Gasteiger partial charge in [-0.05, 0) is 74.9 Å². The van der Waals surface area contributed by atoms with Gasteiger partial charge in [-0.1, -0.05) is 36.8 Å². The van der Waals surface area contributed by atoms with Crippen LogP contribution in [0.2, 0.25) is 0 Å². The minimum absolute atomic E-state index is 0.0693. The summed E-state index contributed by atoms with van der Waals surface area (Å²) >= 11 is 0. The predicted octanol–water partition coefficient (Wildman–Crippen LogP) is 4.94. The molecule has 4 nitrogen and oxygen atoms in total. The van der Waals surface area contributed by atoms with Crippen molar-refractivity contribution in [2.24, 2.45) is 5.92 Å². The minimum Gasteiger partial charge on any atom is -0.493 e. The first-order valence-corrected chi connectivity index (χ1v) is 11.3. The molecule has 1 fully saturated rings. The number of hydrogen-bond acceptors (Lipinski definition) is 4. The van der Waals surface area contributed by atoms with E-state index in [1.165, 1.54) is 37.9 Å². The Bertz CT molecular complexity index is 858. The van der Waals surface area contributed by atoms with E-state index in [0.29, 0.717) is 17.5 Å². The van der Waals surface area contributed by atoms with Crippen molar-refractivity contribution in [3.8, 4) is 11.5 Å². The van der Waals surface area contributed by atoms with Crippen LogP contribution < -0.4 is 9.47 Å². The Balaban J connectivity index is 1.45. The number of methoxy groups -OCH3 is 2. The molecule has 0 aromatic heterocycles. The largest absolute Gasteiger partial charge is 0.493 e. The number of ketones is 1. The summed E-state index contributed by atoms with van der Waals surface area (Å²) in [6.45, 7) is 2.37. The summed E-state index contributed by atoms with van der Waals surface area (Å²) in [7, 11) is 3.26. The minimum atomic E-state index is 0.0693. The predicted molar refractivity (Wildman–Crippen MR) is 120 cm³/mol. The Hall–Kier alpha value is -2.33. The van der Waals surface area contributed by atoms with Crippen molar-refractivity contribution < 1.29 is 14.3 Å². The lowest BCUT2D eigenvalue weighted by Gasteiger charge is -2.35. The molecule has 4 rings (SSSR count). The Morgan fingerprint density at radius 3 is 2.40 bits per heavy atom. The second-order valence-corrected chi connectivity index (χ2v) is 8.65. The van der Waals surface area contributed by atoms with E-state index in [1.54, 1.807) is 14.2 Å². The Kier molecular flexibility index (Phi) is 6.73. The standard InChI is InChI=1S/C26H33NO3/c1-29-24-17-21-16-20(26(28)23(21)18-25(24)30-2)11-12-22(27-13-7-4-8-14-27)15-19-9-5-3-6-10-19/h3,5-6,9-10,17-18,20,22H,4,7-8,11-16H2,1-2H3. The molecule has 30 heavy (non-hydrogen) atoms. The summed E-state index contributed by atoms with van der Waals surface area (Å²) in [4.78, 5) is 15.8. The van der Waals surface area contributed by atoms with Gasteiger partial charge in [0.25, 0.3) is 0 Å². The molecule has 0 spiro atoms. The number of piperidine rings is 1. The number of benzene rings is 2. The number of likely N-dealkylation sites (tertiary alicyclic amines) is 1. The van der Waals surface area contributed by atoms with Crippen molar-refractivity contribution in [2.45, 2.75) is 51.0 Å². The molecule has 1 aliphatic heterocycles. The Morgan fingerprint density at radius 2 is 1.70 bits per heavy atom. The summed E-state index contributed by atoms with van der Waals surface area (Å²) in [6, 6.07) is 15.1. The molecule has 0 N–H and O–H groups in total. The van der Waals surface area contributed by atoms with E-state index >= 15 is 0 Å². The molecule has 160 valence electrons. The molecule has 2 unspecified atom stereocenters. The van der Waals surface area contributed by atoms with Gasteiger partial charge in [0.05, 0.1) is 14.2 Å². The monoisotopic (exact) mass is 407 g/mol. The second kappa shape index (κ2) is 9.65. The molecule has 0 bridgehead atoms. The maximum atomic E-state index is 13.1. The zero-order chi connectivity index (χ0) is 20.9. The van der Waals surface area contributed by atoms with Gasteiger partial charge < -0.3 is 14.4 Å². The topological polar surface area (TPSA) is 38.8 Å². The highest BCUT2D eigenvalue weighted by molar-refractivity contribution is 6.02. The molecule has 0 radical (unpaired) electrons. The van der Waals surface area contributed by atoms with E-state index in [-0.39, 0.29) is 11.7 Å². The molecule has 2 aromatic rings. The molecule has 1 saturated heterocycles. The van der Waals surface area contributed by atoms with Crippen molar-refractivity contribution in [1.29, 1.82) is 0 Å². The van der Waals surface area contributed by atoms with Crippen LogP contribution >= 0.6 is 0 Å². The number of ether oxygens (including phenoxy) is 2. The fraction of sp³-hybridized carbons (Fsp3) is 0.500. The van der Waals surface area contributed by atoms with Crippen molar-refractivity contribution >= 4 is 5.78 Å². The van der Waals surface area contributed by atoms with E-state index in [2.05, 4.69) is 35.2 Å². The van der Waals surface area contributed by atoms with Gasteiger partial charge in [-0.2, -0.15) is 0 Å². The number of carbonyl (C=O) groups is 1. The summed E-state index contributed by atoms with van der Waals surface area (Å²) in [6.07, 6.45) is 7.80. The number of carbonyl (C=O) groups excluding carboxylic acids is 1. The van der Waals surface area contributed by atoms with E-state index in [0.717, 1.165) is 36.8 Å². The highest BCUT2D eigenvalue weighted by atomic mass is 16.5. The maximum Gasteiger partial charge on any atom is 0.166 e. The van der Waals surface area contributed by atoms with E-state index in [1.807, 2.05) is 12.1 Å². The molecule has 2 aromatic carbocycles. The molecule has 0 amide bonds. The average molecular weight is 408 g/mol. The number of nitrogens with zero attached hydrogens (tertiary/aromatic N) is 1. The first-order chi connectivity index (χ1) is 14.7. The zero-order valence-corrected chi connectivity index (χ0v) is 18.2. The normalized spacial score (nSPS) is 20.1. The van der Waals surface area contributed by atoms with Gasteiger partial charge in [0.2, 0.25) is 0 Å². The quantitative estimate of drug-likeness (QED) is 0.622. The fourth-order valence-corrected chi connectivity index (χ4v) is 5.11. The van der Waals surface area contributed by atoms with Crippen LogP contribution in [0, 0.1) is 5.92 Å². The first kappa shape index (κ1) is 20.9. The summed E-state index contributed by atoms with van der Waals surface area (Å²) in [5.74, 6) is 1.68. The molecule has 2 aliphatic rings. The lowest BCUT2D eigenvalue weighted by atomic mass is 9.92. The number of rotatable bonds is 8. The van der Waals surface area contributed by atoms with Crippen LogP contribution in [0.25, 0.3) is 0 Å². The Labute approximate surface area is 180 Å². The van der Waals surface area contributed by atoms with Crippen molar-refractivity contribution in [2.75, 3.05) is 27.3 Å². The highest BCUT2D eigenvalue weighted by Crippen LogP contribution is 2.38. The summed E-state index contributed by atoms with van der Waals surface area (Å²) in [5.41, 5.74) is 3.30. The lowest BCUT2D eigenvalue weighted by Crippen LogP contribution is -2.41. The SMILES string of the molecule is COc1cc2c(cc1OC)C(=O)C(CCC(Cc1ccccc1)N1CCCCC1)C2. The molecule has 1 heterocycles. The fourth-order valence-electron chi connectivity index (χ4n) is 5.11. The summed E-state index contributed by atoms with van der Waals surface area (Å²) < 4.78 is 10.8. The zero-order valence-electron chi connectivity index (χ0n) is 18.2. The number of hydrogen-bond donors (Lipinski definition) is 0. The van der Waals surface area contributed by atoms with Gasteiger partial charge in [0, 0.05) is 17.5 Å². The maximum absolute atomic E-state index is 13.1. The van der Waals surface area contributed by atoms with Crippen molar-refractivity contribution in [3.63, 3.8) is 0 Å². The number of fused-ring (bicyclic) bond motifs is 1. The first-order valence-electron chi connectivity index (χ1n) is 11.3. The van der Waals surface area contributed by atoms with Crippen LogP contribution in [0.5, 0.6) is 11.5 Å². The number of Topliss-reactive ketones (excluding diaryl/α,β-unsaturated/α-hetero) is 1. The lowest BCUT2D eigenvalue weighted by molar-refractivity contribution is 0.0913. The van der Waals surface area contributed by atoms with Crippen molar-refractivity contribution in [1.82, 2.24) is 4.90 Å². The van der Waals surface area contributed by atoms with Crippen LogP contribution in [0.3, 0.4) is 0 Å². The van der Waals surface area contributed by atoms with Crippen molar-refractivity contribution in [3.05, 3.63) is 59.2 Å². The van der Waals surface area contributed by atoms with Gasteiger partial charge >= 0.3 is 0 Å². The van der Waals surface area contributed by atoms with Crippen LogP contribution in [-0.4, -0.2) is 44.0 Å². The molecule has 0 saturated carbocycles. The molecular formula is C26H33NO3. The van der Waals surface area contributed by atoms with Gasteiger partial charge in [-0.25, -0.2) is 0 Å².